The van der Waals surface area contributed by atoms with E-state index in [-0.39, 0.29) is 6.42 Å². The molecule has 0 aromatic rings. The van der Waals surface area contributed by atoms with Gasteiger partial charge in [0, 0.05) is 6.42 Å². The van der Waals surface area contributed by atoms with Crippen molar-refractivity contribution in [3.8, 4) is 0 Å². The Bertz CT molecular complexity index is 243. The van der Waals surface area contributed by atoms with Gasteiger partial charge in [-0.15, -0.1) is 0 Å². The second kappa shape index (κ2) is 5.58. The Morgan fingerprint density at radius 3 is 2.38 bits per heavy atom. The Labute approximate surface area is 93.5 Å². The molecule has 0 amide bonds. The van der Waals surface area contributed by atoms with Crippen molar-refractivity contribution in [2.45, 2.75) is 56.7 Å². The van der Waals surface area contributed by atoms with Gasteiger partial charge in [-0.05, 0) is 19.8 Å². The van der Waals surface area contributed by atoms with Crippen LogP contribution in [0.5, 0.6) is 0 Å². The molecule has 0 aliphatic carbocycles. The molecule has 5 unspecified atom stereocenters. The third kappa shape index (κ3) is 3.15. The summed E-state index contributed by atoms with van der Waals surface area (Å²) in [6.07, 6.45) is -3.97. The lowest BCUT2D eigenvalue weighted by atomic mass is 9.93. The topological polar surface area (TPSA) is 107 Å². The van der Waals surface area contributed by atoms with Crippen LogP contribution in [0.1, 0.15) is 26.2 Å². The van der Waals surface area contributed by atoms with Gasteiger partial charge in [-0.3, -0.25) is 4.79 Å². The fourth-order valence-electron chi connectivity index (χ4n) is 1.83. The standard InChI is InChI=1S/C10H18O6/c1-5-8(13)10(15)9(14)6(16-5)3-2-4-7(11)12/h5-6,8-10,13-15H,2-4H2,1H3,(H,11,12). The predicted molar refractivity (Wildman–Crippen MR) is 53.8 cm³/mol. The summed E-state index contributed by atoms with van der Waals surface area (Å²) >= 11 is 0. The van der Waals surface area contributed by atoms with Gasteiger partial charge in [0.05, 0.1) is 12.2 Å². The zero-order valence-corrected chi connectivity index (χ0v) is 9.11. The van der Waals surface area contributed by atoms with Gasteiger partial charge < -0.3 is 25.2 Å². The molecule has 1 aliphatic rings. The zero-order chi connectivity index (χ0) is 12.3. The molecule has 1 saturated heterocycles. The van der Waals surface area contributed by atoms with E-state index in [0.29, 0.717) is 12.8 Å². The van der Waals surface area contributed by atoms with Crippen molar-refractivity contribution in [3.05, 3.63) is 0 Å². The van der Waals surface area contributed by atoms with Crippen molar-refractivity contribution in [3.63, 3.8) is 0 Å². The SMILES string of the molecule is CC1OC(CCCC(=O)O)C(O)C(O)C1O. The molecule has 0 spiro atoms. The Morgan fingerprint density at radius 1 is 1.19 bits per heavy atom. The molecule has 16 heavy (non-hydrogen) atoms. The van der Waals surface area contributed by atoms with Crippen molar-refractivity contribution < 1.29 is 30.0 Å². The first-order chi connectivity index (χ1) is 7.43. The minimum Gasteiger partial charge on any atom is -0.481 e. The minimum atomic E-state index is -1.24. The van der Waals surface area contributed by atoms with Crippen molar-refractivity contribution >= 4 is 5.97 Å². The maximum Gasteiger partial charge on any atom is 0.303 e. The Hall–Kier alpha value is -0.690. The Kier molecular flexibility index (Phi) is 4.67. The largest absolute Gasteiger partial charge is 0.481 e. The van der Waals surface area contributed by atoms with Gasteiger partial charge in [-0.2, -0.15) is 0 Å². The van der Waals surface area contributed by atoms with Crippen LogP contribution in [0.2, 0.25) is 0 Å². The van der Waals surface area contributed by atoms with Crippen molar-refractivity contribution in [1.82, 2.24) is 0 Å². The fourth-order valence-corrected chi connectivity index (χ4v) is 1.83. The van der Waals surface area contributed by atoms with Crippen LogP contribution in [0.3, 0.4) is 0 Å². The van der Waals surface area contributed by atoms with Crippen molar-refractivity contribution in [2.75, 3.05) is 0 Å². The Balaban J connectivity index is 2.44. The van der Waals surface area contributed by atoms with E-state index in [1.54, 1.807) is 6.92 Å². The number of aliphatic hydroxyl groups excluding tert-OH is 3. The van der Waals surface area contributed by atoms with Crippen molar-refractivity contribution in [2.24, 2.45) is 0 Å². The van der Waals surface area contributed by atoms with E-state index in [1.165, 1.54) is 0 Å². The predicted octanol–water partition coefficient (Wildman–Crippen LogP) is -0.889. The van der Waals surface area contributed by atoms with Crippen LogP contribution in [0.4, 0.5) is 0 Å². The molecule has 1 aliphatic heterocycles. The van der Waals surface area contributed by atoms with E-state index in [1.807, 2.05) is 0 Å². The number of carboxylic acids is 1. The molecule has 5 atom stereocenters. The van der Waals surface area contributed by atoms with Crippen LogP contribution in [0.25, 0.3) is 0 Å². The lowest BCUT2D eigenvalue weighted by Gasteiger charge is -2.39. The van der Waals surface area contributed by atoms with Gasteiger partial charge in [-0.1, -0.05) is 0 Å². The third-order valence-corrected chi connectivity index (χ3v) is 2.83. The number of hydrogen-bond donors (Lipinski definition) is 4. The molecular weight excluding hydrogens is 216 g/mol. The molecule has 1 heterocycles. The average Bonchev–Trinajstić information content (AvgIpc) is 2.22. The van der Waals surface area contributed by atoms with Gasteiger partial charge >= 0.3 is 5.97 Å². The second-order valence-electron chi connectivity index (χ2n) is 4.14. The number of carboxylic acid groups (broad SMARTS) is 1. The van der Waals surface area contributed by atoms with Gasteiger partial charge in [0.15, 0.2) is 0 Å². The lowest BCUT2D eigenvalue weighted by Crippen LogP contribution is -2.56. The maximum absolute atomic E-state index is 10.3. The molecule has 1 fully saturated rings. The summed E-state index contributed by atoms with van der Waals surface area (Å²) in [6.45, 7) is 1.60. The normalized spacial score (nSPS) is 39.6. The smallest absolute Gasteiger partial charge is 0.303 e. The maximum atomic E-state index is 10.3. The number of rotatable bonds is 4. The monoisotopic (exact) mass is 234 g/mol. The number of carbonyl (C=O) groups is 1. The molecule has 0 saturated carbocycles. The van der Waals surface area contributed by atoms with Crippen LogP contribution in [0, 0.1) is 0 Å². The van der Waals surface area contributed by atoms with E-state index in [9.17, 15) is 20.1 Å². The highest BCUT2D eigenvalue weighted by atomic mass is 16.5. The minimum absolute atomic E-state index is 0.000387. The average molecular weight is 234 g/mol. The van der Waals surface area contributed by atoms with E-state index < -0.39 is 36.5 Å². The van der Waals surface area contributed by atoms with Gasteiger partial charge in [0.25, 0.3) is 0 Å². The number of hydrogen-bond acceptors (Lipinski definition) is 5. The number of aliphatic hydroxyl groups is 3. The first kappa shape index (κ1) is 13.4. The second-order valence-corrected chi connectivity index (χ2v) is 4.14. The molecule has 0 aromatic carbocycles. The summed E-state index contributed by atoms with van der Waals surface area (Å²) in [6, 6.07) is 0. The summed E-state index contributed by atoms with van der Waals surface area (Å²) in [7, 11) is 0. The first-order valence-corrected chi connectivity index (χ1v) is 5.35. The summed E-state index contributed by atoms with van der Waals surface area (Å²) in [5.74, 6) is -0.904. The molecular formula is C10H18O6. The molecule has 4 N–H and O–H groups in total. The highest BCUT2D eigenvalue weighted by Gasteiger charge is 2.41. The van der Waals surface area contributed by atoms with Crippen LogP contribution in [0.15, 0.2) is 0 Å². The van der Waals surface area contributed by atoms with Crippen LogP contribution < -0.4 is 0 Å². The number of aliphatic carboxylic acids is 1. The molecule has 1 rings (SSSR count). The molecule has 94 valence electrons. The summed E-state index contributed by atoms with van der Waals surface area (Å²) < 4.78 is 5.31. The van der Waals surface area contributed by atoms with E-state index in [4.69, 9.17) is 9.84 Å². The highest BCUT2D eigenvalue weighted by Crippen LogP contribution is 2.24. The van der Waals surface area contributed by atoms with Crippen LogP contribution in [-0.2, 0) is 9.53 Å². The Morgan fingerprint density at radius 2 is 1.81 bits per heavy atom. The summed E-state index contributed by atoms with van der Waals surface area (Å²) in [5, 5.41) is 37.0. The first-order valence-electron chi connectivity index (χ1n) is 5.35. The fraction of sp³-hybridized carbons (Fsp3) is 0.900. The van der Waals surface area contributed by atoms with Gasteiger partial charge in [-0.25, -0.2) is 0 Å². The van der Waals surface area contributed by atoms with Crippen LogP contribution >= 0.6 is 0 Å². The van der Waals surface area contributed by atoms with E-state index in [0.717, 1.165) is 0 Å². The summed E-state index contributed by atoms with van der Waals surface area (Å²) in [5.41, 5.74) is 0. The van der Waals surface area contributed by atoms with Crippen molar-refractivity contribution in [1.29, 1.82) is 0 Å². The number of ether oxygens (including phenoxy) is 1. The van der Waals surface area contributed by atoms with Crippen LogP contribution in [-0.4, -0.2) is 56.9 Å². The van der Waals surface area contributed by atoms with Gasteiger partial charge in [0.1, 0.15) is 18.3 Å². The molecule has 0 radical (unpaired) electrons. The molecule has 6 heteroatoms. The third-order valence-electron chi connectivity index (χ3n) is 2.83. The van der Waals surface area contributed by atoms with E-state index >= 15 is 0 Å². The van der Waals surface area contributed by atoms with E-state index in [2.05, 4.69) is 0 Å². The zero-order valence-electron chi connectivity index (χ0n) is 9.11. The molecule has 0 aromatic heterocycles. The molecule has 0 bridgehead atoms. The van der Waals surface area contributed by atoms with Gasteiger partial charge in [0.2, 0.25) is 0 Å². The quantitative estimate of drug-likeness (QED) is 0.503. The molecule has 6 nitrogen and oxygen atoms in total. The summed E-state index contributed by atoms with van der Waals surface area (Å²) in [4.78, 5) is 10.3. The lowest BCUT2D eigenvalue weighted by molar-refractivity contribution is -0.218. The highest BCUT2D eigenvalue weighted by molar-refractivity contribution is 5.66.